The van der Waals surface area contributed by atoms with Gasteiger partial charge in [-0.05, 0) is 19.9 Å². The first-order valence-electron chi connectivity index (χ1n) is 2.87. The standard InChI is InChI=1S/C6H14N2/c1-6(2-4-7)3-5-8/h2H,3-5,7-8H2,1H3/b6-2+. The second-order valence-corrected chi connectivity index (χ2v) is 1.82. The lowest BCUT2D eigenvalue weighted by molar-refractivity contribution is 0.941. The van der Waals surface area contributed by atoms with Crippen molar-refractivity contribution in [2.75, 3.05) is 13.1 Å². The highest BCUT2D eigenvalue weighted by atomic mass is 14.5. The molecule has 2 nitrogen and oxygen atoms in total. The predicted molar refractivity (Wildman–Crippen MR) is 36.5 cm³/mol. The predicted octanol–water partition coefficient (Wildman–Crippen LogP) is 0.240. The Balaban J connectivity index is 3.29. The monoisotopic (exact) mass is 114 g/mol. The van der Waals surface area contributed by atoms with Crippen molar-refractivity contribution in [3.8, 4) is 0 Å². The van der Waals surface area contributed by atoms with Gasteiger partial charge in [-0.3, -0.25) is 0 Å². The zero-order chi connectivity index (χ0) is 6.41. The number of hydrogen-bond acceptors (Lipinski definition) is 2. The SMILES string of the molecule is C/C(=C\CN)CCN. The maximum Gasteiger partial charge on any atom is 0.0109 e. The van der Waals surface area contributed by atoms with Gasteiger partial charge in [-0.1, -0.05) is 11.6 Å². The first kappa shape index (κ1) is 7.66. The molecular weight excluding hydrogens is 100 g/mol. The molecule has 0 aliphatic carbocycles. The molecule has 0 bridgehead atoms. The lowest BCUT2D eigenvalue weighted by Gasteiger charge is -1.93. The van der Waals surface area contributed by atoms with Gasteiger partial charge >= 0.3 is 0 Å². The highest BCUT2D eigenvalue weighted by Crippen LogP contribution is 1.94. The second kappa shape index (κ2) is 4.81. The van der Waals surface area contributed by atoms with Gasteiger partial charge in [-0.25, -0.2) is 0 Å². The van der Waals surface area contributed by atoms with Crippen molar-refractivity contribution in [1.82, 2.24) is 0 Å². The van der Waals surface area contributed by atoms with Gasteiger partial charge in [0, 0.05) is 6.54 Å². The molecule has 0 unspecified atom stereocenters. The van der Waals surface area contributed by atoms with Gasteiger partial charge in [-0.15, -0.1) is 0 Å². The van der Waals surface area contributed by atoms with Crippen molar-refractivity contribution >= 4 is 0 Å². The largest absolute Gasteiger partial charge is 0.330 e. The van der Waals surface area contributed by atoms with Crippen LogP contribution in [0.3, 0.4) is 0 Å². The zero-order valence-electron chi connectivity index (χ0n) is 5.35. The van der Waals surface area contributed by atoms with E-state index in [0.29, 0.717) is 6.54 Å². The zero-order valence-corrected chi connectivity index (χ0v) is 5.35. The Morgan fingerprint density at radius 3 is 2.50 bits per heavy atom. The Bertz CT molecular complexity index is 76.6. The minimum atomic E-state index is 0.631. The maximum absolute atomic E-state index is 5.28. The first-order chi connectivity index (χ1) is 3.81. The molecule has 0 fully saturated rings. The van der Waals surface area contributed by atoms with Crippen LogP contribution in [0.1, 0.15) is 13.3 Å². The number of nitrogens with two attached hydrogens (primary N) is 2. The van der Waals surface area contributed by atoms with Crippen LogP contribution in [0, 0.1) is 0 Å². The van der Waals surface area contributed by atoms with E-state index < -0.39 is 0 Å². The van der Waals surface area contributed by atoms with E-state index in [4.69, 9.17) is 11.5 Å². The Hall–Kier alpha value is -0.340. The fraction of sp³-hybridized carbons (Fsp3) is 0.667. The molecule has 0 saturated carbocycles. The fourth-order valence-electron chi connectivity index (χ4n) is 0.531. The number of rotatable bonds is 3. The molecular formula is C6H14N2. The van der Waals surface area contributed by atoms with Crippen LogP contribution in [0.25, 0.3) is 0 Å². The van der Waals surface area contributed by atoms with E-state index in [1.54, 1.807) is 0 Å². The van der Waals surface area contributed by atoms with Gasteiger partial charge in [-0.2, -0.15) is 0 Å². The number of hydrogen-bond donors (Lipinski definition) is 2. The molecule has 0 rings (SSSR count). The Kier molecular flexibility index (Phi) is 4.61. The van der Waals surface area contributed by atoms with Crippen LogP contribution in [0.4, 0.5) is 0 Å². The molecule has 0 aliphatic heterocycles. The lowest BCUT2D eigenvalue weighted by atomic mass is 10.2. The van der Waals surface area contributed by atoms with E-state index in [1.807, 2.05) is 13.0 Å². The van der Waals surface area contributed by atoms with Gasteiger partial charge in [0.1, 0.15) is 0 Å². The van der Waals surface area contributed by atoms with E-state index in [-0.39, 0.29) is 0 Å². The molecule has 4 N–H and O–H groups in total. The van der Waals surface area contributed by atoms with Gasteiger partial charge in [0.25, 0.3) is 0 Å². The average molecular weight is 114 g/mol. The van der Waals surface area contributed by atoms with Crippen LogP contribution in [0.2, 0.25) is 0 Å². The van der Waals surface area contributed by atoms with Crippen LogP contribution < -0.4 is 11.5 Å². The van der Waals surface area contributed by atoms with Crippen molar-refractivity contribution in [3.05, 3.63) is 11.6 Å². The van der Waals surface area contributed by atoms with Gasteiger partial charge < -0.3 is 11.5 Å². The van der Waals surface area contributed by atoms with E-state index in [1.165, 1.54) is 5.57 Å². The van der Waals surface area contributed by atoms with Gasteiger partial charge in [0.2, 0.25) is 0 Å². The molecule has 2 heteroatoms. The Morgan fingerprint density at radius 2 is 2.12 bits per heavy atom. The third-order valence-corrected chi connectivity index (χ3v) is 1.00. The molecule has 0 radical (unpaired) electrons. The minimum absolute atomic E-state index is 0.631. The van der Waals surface area contributed by atoms with Crippen molar-refractivity contribution in [2.45, 2.75) is 13.3 Å². The summed E-state index contributed by atoms with van der Waals surface area (Å²) in [5.41, 5.74) is 11.8. The highest BCUT2D eigenvalue weighted by Gasteiger charge is 1.82. The first-order valence-corrected chi connectivity index (χ1v) is 2.87. The molecule has 0 spiro atoms. The third-order valence-electron chi connectivity index (χ3n) is 1.00. The summed E-state index contributed by atoms with van der Waals surface area (Å²) in [6.07, 6.45) is 2.96. The summed E-state index contributed by atoms with van der Waals surface area (Å²) < 4.78 is 0. The summed E-state index contributed by atoms with van der Waals surface area (Å²) in [6.45, 7) is 3.40. The van der Waals surface area contributed by atoms with Crippen LogP contribution in [-0.4, -0.2) is 13.1 Å². The Morgan fingerprint density at radius 1 is 1.50 bits per heavy atom. The summed E-state index contributed by atoms with van der Waals surface area (Å²) in [5, 5.41) is 0. The van der Waals surface area contributed by atoms with Crippen LogP contribution in [0.15, 0.2) is 11.6 Å². The molecule has 0 aromatic heterocycles. The van der Waals surface area contributed by atoms with Crippen molar-refractivity contribution < 1.29 is 0 Å². The van der Waals surface area contributed by atoms with E-state index in [0.717, 1.165) is 13.0 Å². The molecule has 0 saturated heterocycles. The Labute approximate surface area is 50.6 Å². The highest BCUT2D eigenvalue weighted by molar-refractivity contribution is 4.98. The molecule has 0 atom stereocenters. The summed E-state index contributed by atoms with van der Waals surface area (Å²) >= 11 is 0. The lowest BCUT2D eigenvalue weighted by Crippen LogP contribution is -2.00. The molecule has 0 heterocycles. The smallest absolute Gasteiger partial charge is 0.0109 e. The van der Waals surface area contributed by atoms with Crippen LogP contribution in [-0.2, 0) is 0 Å². The average Bonchev–Trinajstić information content (AvgIpc) is 1.68. The fourth-order valence-corrected chi connectivity index (χ4v) is 0.531. The summed E-state index contributed by atoms with van der Waals surface area (Å²) in [4.78, 5) is 0. The molecule has 0 aliphatic rings. The summed E-state index contributed by atoms with van der Waals surface area (Å²) in [5.74, 6) is 0. The van der Waals surface area contributed by atoms with Gasteiger partial charge in [0.15, 0.2) is 0 Å². The molecule has 48 valence electrons. The van der Waals surface area contributed by atoms with E-state index >= 15 is 0 Å². The van der Waals surface area contributed by atoms with Crippen molar-refractivity contribution in [2.24, 2.45) is 11.5 Å². The third kappa shape index (κ3) is 3.84. The molecule has 8 heavy (non-hydrogen) atoms. The topological polar surface area (TPSA) is 52.0 Å². The van der Waals surface area contributed by atoms with Gasteiger partial charge in [0.05, 0.1) is 0 Å². The summed E-state index contributed by atoms with van der Waals surface area (Å²) in [7, 11) is 0. The van der Waals surface area contributed by atoms with Crippen LogP contribution in [0.5, 0.6) is 0 Å². The molecule has 0 aromatic rings. The normalized spacial score (nSPS) is 12.1. The van der Waals surface area contributed by atoms with Crippen LogP contribution >= 0.6 is 0 Å². The van der Waals surface area contributed by atoms with E-state index in [9.17, 15) is 0 Å². The second-order valence-electron chi connectivity index (χ2n) is 1.82. The maximum atomic E-state index is 5.28. The summed E-state index contributed by atoms with van der Waals surface area (Å²) in [6, 6.07) is 0. The van der Waals surface area contributed by atoms with Crippen molar-refractivity contribution in [1.29, 1.82) is 0 Å². The quantitative estimate of drug-likeness (QED) is 0.516. The molecule has 0 amide bonds. The van der Waals surface area contributed by atoms with Crippen molar-refractivity contribution in [3.63, 3.8) is 0 Å². The minimum Gasteiger partial charge on any atom is -0.330 e. The molecule has 0 aromatic carbocycles. The van der Waals surface area contributed by atoms with E-state index in [2.05, 4.69) is 0 Å².